The maximum atomic E-state index is 11.2. The average molecular weight is 283 g/mol. The summed E-state index contributed by atoms with van der Waals surface area (Å²) in [6.45, 7) is 6.06. The second-order valence-corrected chi connectivity index (χ2v) is 6.34. The summed E-state index contributed by atoms with van der Waals surface area (Å²) < 4.78 is 32.6. The highest BCUT2D eigenvalue weighted by atomic mass is 32.2. The number of aliphatic hydroxyl groups excluding tert-OH is 1. The summed E-state index contributed by atoms with van der Waals surface area (Å²) in [5.74, 6) is 0.249. The summed E-state index contributed by atoms with van der Waals surface area (Å²) in [7, 11) is -2.94. The predicted molar refractivity (Wildman–Crippen MR) is 70.5 cm³/mol. The third-order valence-electron chi connectivity index (χ3n) is 2.30. The van der Waals surface area contributed by atoms with E-state index < -0.39 is 15.9 Å². The molecule has 6 nitrogen and oxygen atoms in total. The van der Waals surface area contributed by atoms with Crippen LogP contribution in [0.15, 0.2) is 0 Å². The van der Waals surface area contributed by atoms with E-state index >= 15 is 0 Å². The van der Waals surface area contributed by atoms with Crippen LogP contribution >= 0.6 is 0 Å². The monoisotopic (exact) mass is 283 g/mol. The lowest BCUT2D eigenvalue weighted by molar-refractivity contribution is 0.00668. The molecule has 0 aliphatic carbocycles. The second-order valence-electron chi connectivity index (χ2n) is 3.87. The van der Waals surface area contributed by atoms with Crippen LogP contribution in [0.5, 0.6) is 0 Å². The van der Waals surface area contributed by atoms with Crippen molar-refractivity contribution in [1.82, 2.24) is 5.32 Å². The van der Waals surface area contributed by atoms with Crippen molar-refractivity contribution in [3.05, 3.63) is 0 Å². The van der Waals surface area contributed by atoms with E-state index in [0.29, 0.717) is 32.9 Å². The van der Waals surface area contributed by atoms with Crippen LogP contribution in [0.4, 0.5) is 0 Å². The van der Waals surface area contributed by atoms with Gasteiger partial charge in [0.1, 0.15) is 0 Å². The van der Waals surface area contributed by atoms with Crippen molar-refractivity contribution >= 4 is 9.84 Å². The van der Waals surface area contributed by atoms with Gasteiger partial charge in [-0.2, -0.15) is 0 Å². The largest absolute Gasteiger partial charge is 0.389 e. The zero-order valence-corrected chi connectivity index (χ0v) is 12.0. The molecule has 1 atom stereocenters. The molecular formula is C11H25NO5S. The van der Waals surface area contributed by atoms with Crippen LogP contribution in [0.3, 0.4) is 0 Å². The summed E-state index contributed by atoms with van der Waals surface area (Å²) >= 11 is 0. The van der Waals surface area contributed by atoms with Gasteiger partial charge in [-0.25, -0.2) is 8.42 Å². The minimum absolute atomic E-state index is 0.0986. The highest BCUT2D eigenvalue weighted by Gasteiger charge is 2.08. The van der Waals surface area contributed by atoms with Crippen molar-refractivity contribution in [2.75, 3.05) is 51.0 Å². The first kappa shape index (κ1) is 17.8. The van der Waals surface area contributed by atoms with Crippen LogP contribution in [0.25, 0.3) is 0 Å². The smallest absolute Gasteiger partial charge is 0.151 e. The van der Waals surface area contributed by atoms with E-state index in [4.69, 9.17) is 9.47 Å². The van der Waals surface area contributed by atoms with Gasteiger partial charge in [-0.15, -0.1) is 0 Å². The summed E-state index contributed by atoms with van der Waals surface area (Å²) in [6.07, 6.45) is -0.629. The summed E-state index contributed by atoms with van der Waals surface area (Å²) in [5, 5.41) is 12.4. The topological polar surface area (TPSA) is 84.9 Å². The van der Waals surface area contributed by atoms with E-state index in [1.807, 2.05) is 6.92 Å². The van der Waals surface area contributed by atoms with Crippen molar-refractivity contribution < 1.29 is 23.0 Å². The molecule has 110 valence electrons. The highest BCUT2D eigenvalue weighted by Crippen LogP contribution is 1.88. The number of ether oxygens (including phenoxy) is 2. The average Bonchev–Trinajstić information content (AvgIpc) is 2.34. The van der Waals surface area contributed by atoms with Crippen molar-refractivity contribution in [3.63, 3.8) is 0 Å². The van der Waals surface area contributed by atoms with Gasteiger partial charge in [-0.1, -0.05) is 6.92 Å². The molecule has 7 heteroatoms. The van der Waals surface area contributed by atoms with Crippen molar-refractivity contribution in [2.24, 2.45) is 0 Å². The molecule has 0 saturated carbocycles. The van der Waals surface area contributed by atoms with Crippen LogP contribution < -0.4 is 5.32 Å². The summed E-state index contributed by atoms with van der Waals surface area (Å²) in [5.41, 5.74) is 0. The Labute approximate surface area is 110 Å². The van der Waals surface area contributed by atoms with Crippen molar-refractivity contribution in [1.29, 1.82) is 0 Å². The Hall–Kier alpha value is -0.210. The lowest BCUT2D eigenvalue weighted by atomic mass is 10.4. The molecule has 0 aromatic rings. The minimum atomic E-state index is -2.94. The van der Waals surface area contributed by atoms with E-state index in [1.54, 1.807) is 6.92 Å². The maximum absolute atomic E-state index is 11.2. The van der Waals surface area contributed by atoms with E-state index in [1.165, 1.54) is 0 Å². The van der Waals surface area contributed by atoms with E-state index in [2.05, 4.69) is 5.32 Å². The fraction of sp³-hybridized carbons (Fsp3) is 1.00. The Morgan fingerprint density at radius 1 is 1.22 bits per heavy atom. The van der Waals surface area contributed by atoms with Crippen LogP contribution in [0.1, 0.15) is 13.8 Å². The number of nitrogens with one attached hydrogen (secondary N) is 1. The van der Waals surface area contributed by atoms with Crippen molar-refractivity contribution in [3.8, 4) is 0 Å². The zero-order chi connectivity index (χ0) is 13.9. The predicted octanol–water partition coefficient (Wildman–Crippen LogP) is -0.575. The molecule has 0 aromatic carbocycles. The molecule has 0 aliphatic heterocycles. The number of sulfone groups is 1. The van der Waals surface area contributed by atoms with Gasteiger partial charge in [-0.3, -0.25) is 0 Å². The van der Waals surface area contributed by atoms with E-state index in [-0.39, 0.29) is 18.1 Å². The summed E-state index contributed by atoms with van der Waals surface area (Å²) in [4.78, 5) is 0. The first-order valence-corrected chi connectivity index (χ1v) is 8.08. The molecule has 0 heterocycles. The minimum Gasteiger partial charge on any atom is -0.389 e. The quantitative estimate of drug-likeness (QED) is 0.466. The molecule has 0 bridgehead atoms. The van der Waals surface area contributed by atoms with Gasteiger partial charge < -0.3 is 19.9 Å². The SMILES string of the molecule is CCOCCOCC(O)CNCCS(=O)(=O)CC. The van der Waals surface area contributed by atoms with Crippen LogP contribution in [-0.4, -0.2) is 70.7 Å². The fourth-order valence-electron chi connectivity index (χ4n) is 1.18. The first-order valence-electron chi connectivity index (χ1n) is 6.26. The number of aliphatic hydroxyl groups is 1. The maximum Gasteiger partial charge on any atom is 0.151 e. The van der Waals surface area contributed by atoms with Gasteiger partial charge in [0.2, 0.25) is 0 Å². The van der Waals surface area contributed by atoms with E-state index in [0.717, 1.165) is 0 Å². The molecule has 0 aliphatic rings. The fourth-order valence-corrected chi connectivity index (χ4v) is 1.93. The first-order chi connectivity index (χ1) is 8.52. The number of hydrogen-bond acceptors (Lipinski definition) is 6. The van der Waals surface area contributed by atoms with Gasteiger partial charge in [0, 0.05) is 25.4 Å². The Morgan fingerprint density at radius 3 is 2.50 bits per heavy atom. The van der Waals surface area contributed by atoms with Crippen LogP contribution in [-0.2, 0) is 19.3 Å². The molecule has 0 saturated heterocycles. The van der Waals surface area contributed by atoms with Crippen LogP contribution in [0, 0.1) is 0 Å². The number of hydrogen-bond donors (Lipinski definition) is 2. The molecule has 0 aromatic heterocycles. The number of rotatable bonds is 12. The zero-order valence-electron chi connectivity index (χ0n) is 11.2. The molecule has 0 spiro atoms. The Bertz CT molecular complexity index is 281. The molecule has 1 unspecified atom stereocenters. The van der Waals surface area contributed by atoms with Gasteiger partial charge in [0.15, 0.2) is 9.84 Å². The third-order valence-corrected chi connectivity index (χ3v) is 4.00. The highest BCUT2D eigenvalue weighted by molar-refractivity contribution is 7.91. The molecule has 0 rings (SSSR count). The van der Waals surface area contributed by atoms with E-state index in [9.17, 15) is 13.5 Å². The molecular weight excluding hydrogens is 258 g/mol. The second kappa shape index (κ2) is 10.7. The Balaban J connectivity index is 3.40. The third kappa shape index (κ3) is 10.9. The molecule has 2 N–H and O–H groups in total. The van der Waals surface area contributed by atoms with Gasteiger partial charge in [-0.05, 0) is 6.92 Å². The van der Waals surface area contributed by atoms with Gasteiger partial charge in [0.05, 0.1) is 31.7 Å². The van der Waals surface area contributed by atoms with Crippen LogP contribution in [0.2, 0.25) is 0 Å². The molecule has 0 amide bonds. The Morgan fingerprint density at radius 2 is 1.89 bits per heavy atom. The molecule has 0 fully saturated rings. The molecule has 0 radical (unpaired) electrons. The van der Waals surface area contributed by atoms with Crippen molar-refractivity contribution in [2.45, 2.75) is 20.0 Å². The Kier molecular flexibility index (Phi) is 10.6. The van der Waals surface area contributed by atoms with Gasteiger partial charge in [0.25, 0.3) is 0 Å². The standard InChI is InChI=1S/C11H25NO5S/c1-3-16-6-7-17-10-11(13)9-12-5-8-18(14,15)4-2/h11-13H,3-10H2,1-2H3. The lowest BCUT2D eigenvalue weighted by Crippen LogP contribution is -2.33. The normalized spacial score (nSPS) is 13.7. The molecule has 18 heavy (non-hydrogen) atoms. The lowest BCUT2D eigenvalue weighted by Gasteiger charge is -2.12. The summed E-state index contributed by atoms with van der Waals surface area (Å²) in [6, 6.07) is 0. The van der Waals surface area contributed by atoms with Gasteiger partial charge >= 0.3 is 0 Å².